The second kappa shape index (κ2) is 9.08. The van der Waals surface area contributed by atoms with E-state index in [1.165, 1.54) is 0 Å². The lowest BCUT2D eigenvalue weighted by Crippen LogP contribution is -2.62. The first-order chi connectivity index (χ1) is 11.5. The van der Waals surface area contributed by atoms with E-state index in [9.17, 15) is 0 Å². The maximum atomic E-state index is 6.73. The van der Waals surface area contributed by atoms with Gasteiger partial charge in [-0.2, -0.15) is 0 Å². The van der Waals surface area contributed by atoms with Gasteiger partial charge >= 0.3 is 8.80 Å². The van der Waals surface area contributed by atoms with Gasteiger partial charge in [0.1, 0.15) is 5.73 Å². The summed E-state index contributed by atoms with van der Waals surface area (Å²) in [4.78, 5) is 0. The Morgan fingerprint density at radius 2 is 0.963 bits per heavy atom. The van der Waals surface area contributed by atoms with Gasteiger partial charge in [-0.1, -0.05) is 0 Å². The molecule has 0 aliphatic rings. The highest BCUT2D eigenvalue weighted by Gasteiger charge is 2.52. The second-order valence-electron chi connectivity index (χ2n) is 11.3. The Labute approximate surface area is 177 Å². The van der Waals surface area contributed by atoms with Crippen LogP contribution < -0.4 is 0 Å². The molecule has 0 heterocycles. The minimum absolute atomic E-state index is 0.733. The predicted octanol–water partition coefficient (Wildman–Crippen LogP) is 4.55. The highest BCUT2D eigenvalue weighted by Crippen LogP contribution is 2.35. The molecule has 163 valence electrons. The average molecular weight is 486 g/mol. The molecule has 5 nitrogen and oxygen atoms in total. The van der Waals surface area contributed by atoms with Crippen molar-refractivity contribution in [2.75, 3.05) is 0 Å². The predicted molar refractivity (Wildman–Crippen MR) is 132 cm³/mol. The molecular formula is C16H45O5Si6. The topological polar surface area (TPSA) is 46.2 Å². The number of rotatable bonds is 11. The molecular weight excluding hydrogens is 441 g/mol. The van der Waals surface area contributed by atoms with Crippen LogP contribution in [-0.2, 0) is 21.5 Å². The van der Waals surface area contributed by atoms with E-state index < -0.39 is 47.9 Å². The van der Waals surface area contributed by atoms with E-state index in [1.54, 1.807) is 0 Å². The molecule has 0 aliphatic carbocycles. The quantitative estimate of drug-likeness (QED) is 0.317. The van der Waals surface area contributed by atoms with E-state index in [-0.39, 0.29) is 0 Å². The molecule has 1 radical (unpaired) electrons. The standard InChI is InChI=1S/C16H45O5Si6/c1-16(18-24(5,6)7,15(22)17-23(2,3)4)19-27(14,20-25(8,9)10)21-26(11,12)13/h1-14,22H3. The molecule has 0 saturated carbocycles. The third kappa shape index (κ3) is 13.1. The molecule has 0 fully saturated rings. The van der Waals surface area contributed by atoms with E-state index in [1.807, 2.05) is 13.5 Å². The van der Waals surface area contributed by atoms with Crippen LogP contribution in [0, 0.1) is 5.73 Å². The first-order valence-electron chi connectivity index (χ1n) is 9.79. The zero-order chi connectivity index (χ0) is 22.1. The summed E-state index contributed by atoms with van der Waals surface area (Å²) in [5.41, 5.74) is 0.904. The van der Waals surface area contributed by atoms with Gasteiger partial charge < -0.3 is 21.5 Å². The van der Waals surface area contributed by atoms with Gasteiger partial charge in [-0.05, 0) is 85.5 Å². The smallest absolute Gasteiger partial charge is 0.416 e. The molecule has 0 aromatic carbocycles. The van der Waals surface area contributed by atoms with Crippen molar-refractivity contribution in [1.82, 2.24) is 0 Å². The van der Waals surface area contributed by atoms with Gasteiger partial charge in [0.15, 0.2) is 39.1 Å². The number of hydrogen-bond acceptors (Lipinski definition) is 5. The molecule has 0 saturated heterocycles. The largest absolute Gasteiger partial charge is 0.478 e. The number of hydrogen-bond donors (Lipinski definition) is 0. The van der Waals surface area contributed by atoms with Gasteiger partial charge in [0, 0.05) is 6.55 Å². The Bertz CT molecular complexity index is 462. The van der Waals surface area contributed by atoms with Crippen molar-refractivity contribution in [2.45, 2.75) is 97.8 Å². The Kier molecular flexibility index (Phi) is 9.45. The average Bonchev–Trinajstić information content (AvgIpc) is 2.15. The molecule has 0 amide bonds. The van der Waals surface area contributed by atoms with Crippen LogP contribution in [0.4, 0.5) is 0 Å². The van der Waals surface area contributed by atoms with Crippen LogP contribution in [0.3, 0.4) is 0 Å². The van der Waals surface area contributed by atoms with E-state index in [0.29, 0.717) is 0 Å². The second-order valence-corrected chi connectivity index (χ2v) is 33.1. The summed E-state index contributed by atoms with van der Waals surface area (Å²) in [5, 5.41) is 0. The molecule has 11 heteroatoms. The van der Waals surface area contributed by atoms with Crippen LogP contribution >= 0.6 is 0 Å². The van der Waals surface area contributed by atoms with Gasteiger partial charge in [-0.3, -0.25) is 0 Å². The third-order valence-corrected chi connectivity index (χ3v) is 15.0. The lowest BCUT2D eigenvalue weighted by Gasteiger charge is -2.47. The van der Waals surface area contributed by atoms with E-state index in [4.69, 9.17) is 21.5 Å². The summed E-state index contributed by atoms with van der Waals surface area (Å²) >= 11 is 0. The van der Waals surface area contributed by atoms with Crippen LogP contribution in [0.1, 0.15) is 6.92 Å². The van der Waals surface area contributed by atoms with E-state index >= 15 is 0 Å². The maximum Gasteiger partial charge on any atom is 0.478 e. The fourth-order valence-corrected chi connectivity index (χ4v) is 18.5. The van der Waals surface area contributed by atoms with Crippen LogP contribution in [0.5, 0.6) is 0 Å². The molecule has 27 heavy (non-hydrogen) atoms. The Morgan fingerprint density at radius 1 is 0.593 bits per heavy atom. The SMILES string of the molecule is CC(O[Si](C)(C)C)(O[Si](C)(O[Si](C)(C)C)O[Si](C)(C)C)[C]([SiH3])O[Si](C)(C)C. The van der Waals surface area contributed by atoms with Crippen LogP contribution in [0.15, 0.2) is 0 Å². The van der Waals surface area contributed by atoms with Gasteiger partial charge in [0.05, 0.1) is 10.2 Å². The van der Waals surface area contributed by atoms with Gasteiger partial charge in [-0.15, -0.1) is 0 Å². The fourth-order valence-electron chi connectivity index (χ4n) is 2.83. The summed E-state index contributed by atoms with van der Waals surface area (Å²) in [6, 6.07) is 0. The fraction of sp³-hybridized carbons (Fsp3) is 0.938. The minimum atomic E-state index is -2.94. The molecule has 1 unspecified atom stereocenters. The molecule has 0 aromatic heterocycles. The zero-order valence-corrected chi connectivity index (χ0v) is 27.5. The molecule has 0 bridgehead atoms. The first kappa shape index (κ1) is 28.1. The van der Waals surface area contributed by atoms with Crippen molar-refractivity contribution in [1.29, 1.82) is 0 Å². The van der Waals surface area contributed by atoms with Gasteiger partial charge in [0.2, 0.25) is 0 Å². The highest BCUT2D eigenvalue weighted by atomic mass is 28.5. The Balaban J connectivity index is 5.97. The summed E-state index contributed by atoms with van der Waals surface area (Å²) in [5.74, 6) is -0.919. The maximum absolute atomic E-state index is 6.73. The summed E-state index contributed by atoms with van der Waals surface area (Å²) in [6.07, 6.45) is 0. The molecule has 0 N–H and O–H groups in total. The molecule has 0 rings (SSSR count). The van der Waals surface area contributed by atoms with Crippen molar-refractivity contribution in [3.63, 3.8) is 0 Å². The molecule has 1 atom stereocenters. The molecule has 0 aromatic rings. The van der Waals surface area contributed by atoms with Crippen molar-refractivity contribution in [3.05, 3.63) is 5.73 Å². The molecule has 0 spiro atoms. The highest BCUT2D eigenvalue weighted by molar-refractivity contribution is 6.85. The van der Waals surface area contributed by atoms with Crippen molar-refractivity contribution in [3.8, 4) is 0 Å². The minimum Gasteiger partial charge on any atom is -0.416 e. The van der Waals surface area contributed by atoms with Gasteiger partial charge in [-0.25, -0.2) is 0 Å². The van der Waals surface area contributed by atoms with E-state index in [2.05, 4.69) is 78.6 Å². The van der Waals surface area contributed by atoms with Crippen molar-refractivity contribution < 1.29 is 21.5 Å². The third-order valence-electron chi connectivity index (χ3n) is 2.96. The van der Waals surface area contributed by atoms with Crippen LogP contribution in [-0.4, -0.2) is 58.1 Å². The monoisotopic (exact) mass is 485 g/mol. The Morgan fingerprint density at radius 3 is 1.22 bits per heavy atom. The summed E-state index contributed by atoms with van der Waals surface area (Å²) in [6.45, 7) is 30.2. The van der Waals surface area contributed by atoms with Crippen LogP contribution in [0.2, 0.25) is 85.1 Å². The summed E-state index contributed by atoms with van der Waals surface area (Å²) in [7, 11) is -9.62. The van der Waals surface area contributed by atoms with Gasteiger partial charge in [0.25, 0.3) is 0 Å². The zero-order valence-electron chi connectivity index (χ0n) is 20.5. The summed E-state index contributed by atoms with van der Waals surface area (Å²) < 4.78 is 32.8. The van der Waals surface area contributed by atoms with Crippen molar-refractivity contribution in [2.24, 2.45) is 0 Å². The van der Waals surface area contributed by atoms with E-state index in [0.717, 1.165) is 16.0 Å². The lowest BCUT2D eigenvalue weighted by molar-refractivity contribution is -0.137. The Hall–Kier alpha value is 1.10. The normalized spacial score (nSPS) is 17.4. The van der Waals surface area contributed by atoms with Crippen molar-refractivity contribution >= 4 is 52.3 Å². The molecule has 0 aliphatic heterocycles. The lowest BCUT2D eigenvalue weighted by atomic mass is 10.4. The van der Waals surface area contributed by atoms with Crippen LogP contribution in [0.25, 0.3) is 0 Å². The first-order valence-corrected chi connectivity index (χ1v) is 26.6.